The molecule has 1 aliphatic rings. The molecule has 0 fully saturated rings. The predicted molar refractivity (Wildman–Crippen MR) is 91.2 cm³/mol. The van der Waals surface area contributed by atoms with Gasteiger partial charge in [0.05, 0.1) is 6.54 Å². The topological polar surface area (TPSA) is 56.8 Å². The van der Waals surface area contributed by atoms with Crippen molar-refractivity contribution in [2.24, 2.45) is 0 Å². The standard InChI is InChI=1S/C19H21NO4/c1-13-9-14(2)11-16(10-13)22-6-5-20-19(21)15-3-4-17-18(12-15)24-8-7-23-17/h3-4,9-12H,5-8H2,1-2H3,(H,20,21). The summed E-state index contributed by atoms with van der Waals surface area (Å²) in [6, 6.07) is 11.2. The summed E-state index contributed by atoms with van der Waals surface area (Å²) in [5.74, 6) is 1.95. The lowest BCUT2D eigenvalue weighted by atomic mass is 10.1. The van der Waals surface area contributed by atoms with Crippen LogP contribution in [-0.4, -0.2) is 32.3 Å². The number of carbonyl (C=O) groups is 1. The van der Waals surface area contributed by atoms with E-state index in [4.69, 9.17) is 14.2 Å². The molecule has 1 heterocycles. The maximum Gasteiger partial charge on any atom is 0.251 e. The van der Waals surface area contributed by atoms with Crippen LogP contribution in [0.2, 0.25) is 0 Å². The molecular formula is C19H21NO4. The number of aryl methyl sites for hydroxylation is 2. The van der Waals surface area contributed by atoms with E-state index in [1.807, 2.05) is 26.0 Å². The minimum absolute atomic E-state index is 0.156. The van der Waals surface area contributed by atoms with E-state index in [2.05, 4.69) is 11.4 Å². The Labute approximate surface area is 141 Å². The van der Waals surface area contributed by atoms with Crippen LogP contribution in [0.5, 0.6) is 17.2 Å². The van der Waals surface area contributed by atoms with E-state index in [9.17, 15) is 4.79 Å². The van der Waals surface area contributed by atoms with Gasteiger partial charge in [0.1, 0.15) is 25.6 Å². The first-order valence-corrected chi connectivity index (χ1v) is 8.01. The van der Waals surface area contributed by atoms with E-state index in [1.54, 1.807) is 18.2 Å². The van der Waals surface area contributed by atoms with Crippen molar-refractivity contribution in [3.63, 3.8) is 0 Å². The van der Waals surface area contributed by atoms with Crippen molar-refractivity contribution >= 4 is 5.91 Å². The summed E-state index contributed by atoms with van der Waals surface area (Å²) in [4.78, 5) is 12.2. The summed E-state index contributed by atoms with van der Waals surface area (Å²) in [6.45, 7) is 5.95. The molecule has 0 aliphatic carbocycles. The van der Waals surface area contributed by atoms with Crippen molar-refractivity contribution < 1.29 is 19.0 Å². The summed E-state index contributed by atoms with van der Waals surface area (Å²) in [6.07, 6.45) is 0. The first kappa shape index (κ1) is 16.2. The Bertz CT molecular complexity index is 722. The Morgan fingerprint density at radius 1 is 1.04 bits per heavy atom. The average Bonchev–Trinajstić information content (AvgIpc) is 2.57. The van der Waals surface area contributed by atoms with E-state index >= 15 is 0 Å². The number of benzene rings is 2. The van der Waals surface area contributed by atoms with Crippen LogP contribution >= 0.6 is 0 Å². The van der Waals surface area contributed by atoms with Gasteiger partial charge in [-0.15, -0.1) is 0 Å². The molecule has 1 amide bonds. The second-order valence-corrected chi connectivity index (χ2v) is 5.79. The highest BCUT2D eigenvalue weighted by Gasteiger charge is 2.14. The van der Waals surface area contributed by atoms with Gasteiger partial charge >= 0.3 is 0 Å². The van der Waals surface area contributed by atoms with E-state index in [0.717, 1.165) is 16.9 Å². The molecule has 0 aromatic heterocycles. The molecule has 1 N–H and O–H groups in total. The number of hydrogen-bond donors (Lipinski definition) is 1. The third-order valence-corrected chi connectivity index (χ3v) is 3.66. The van der Waals surface area contributed by atoms with Gasteiger partial charge in [-0.1, -0.05) is 6.07 Å². The lowest BCUT2D eigenvalue weighted by Gasteiger charge is -2.18. The number of nitrogens with one attached hydrogen (secondary N) is 1. The second kappa shape index (κ2) is 7.25. The largest absolute Gasteiger partial charge is 0.492 e. The molecule has 24 heavy (non-hydrogen) atoms. The SMILES string of the molecule is Cc1cc(C)cc(OCCNC(=O)c2ccc3c(c2)OCCO3)c1. The zero-order valence-corrected chi connectivity index (χ0v) is 13.9. The van der Waals surface area contributed by atoms with Crippen molar-refractivity contribution in [1.29, 1.82) is 0 Å². The Hall–Kier alpha value is -2.69. The van der Waals surface area contributed by atoms with Crippen LogP contribution in [0.3, 0.4) is 0 Å². The van der Waals surface area contributed by atoms with Crippen LogP contribution in [0.15, 0.2) is 36.4 Å². The second-order valence-electron chi connectivity index (χ2n) is 5.79. The molecule has 0 saturated carbocycles. The first-order chi connectivity index (χ1) is 11.6. The number of fused-ring (bicyclic) bond motifs is 1. The van der Waals surface area contributed by atoms with Crippen LogP contribution in [0.4, 0.5) is 0 Å². The van der Waals surface area contributed by atoms with Crippen LogP contribution < -0.4 is 19.5 Å². The minimum atomic E-state index is -0.156. The molecule has 0 radical (unpaired) electrons. The molecule has 2 aromatic carbocycles. The monoisotopic (exact) mass is 327 g/mol. The highest BCUT2D eigenvalue weighted by atomic mass is 16.6. The minimum Gasteiger partial charge on any atom is -0.492 e. The molecule has 0 unspecified atom stereocenters. The fourth-order valence-corrected chi connectivity index (χ4v) is 2.64. The fourth-order valence-electron chi connectivity index (χ4n) is 2.64. The molecule has 5 heteroatoms. The average molecular weight is 327 g/mol. The van der Waals surface area contributed by atoms with Crippen LogP contribution in [0.1, 0.15) is 21.5 Å². The summed E-state index contributed by atoms with van der Waals surface area (Å²) in [7, 11) is 0. The molecule has 0 atom stereocenters. The molecule has 0 bridgehead atoms. The van der Waals surface area contributed by atoms with E-state index in [0.29, 0.717) is 43.4 Å². The maximum absolute atomic E-state index is 12.2. The number of amides is 1. The Morgan fingerprint density at radius 2 is 1.75 bits per heavy atom. The smallest absolute Gasteiger partial charge is 0.251 e. The van der Waals surface area contributed by atoms with E-state index < -0.39 is 0 Å². The Morgan fingerprint density at radius 3 is 2.50 bits per heavy atom. The van der Waals surface area contributed by atoms with Gasteiger partial charge in [0.25, 0.3) is 5.91 Å². The maximum atomic E-state index is 12.2. The van der Waals surface area contributed by atoms with Crippen molar-refractivity contribution in [2.45, 2.75) is 13.8 Å². The van der Waals surface area contributed by atoms with Crippen LogP contribution in [0.25, 0.3) is 0 Å². The molecule has 2 aromatic rings. The van der Waals surface area contributed by atoms with Gasteiger partial charge in [-0.05, 0) is 55.3 Å². The van der Waals surface area contributed by atoms with Gasteiger partial charge in [0, 0.05) is 5.56 Å². The van der Waals surface area contributed by atoms with Gasteiger partial charge < -0.3 is 19.5 Å². The third-order valence-electron chi connectivity index (χ3n) is 3.66. The summed E-state index contributed by atoms with van der Waals surface area (Å²) in [5.41, 5.74) is 2.86. The van der Waals surface area contributed by atoms with Crippen LogP contribution in [0, 0.1) is 13.8 Å². The third kappa shape index (κ3) is 3.98. The summed E-state index contributed by atoms with van der Waals surface area (Å²) in [5, 5.41) is 2.84. The molecule has 3 rings (SSSR count). The van der Waals surface area contributed by atoms with Gasteiger partial charge in [0.2, 0.25) is 0 Å². The molecule has 126 valence electrons. The number of carbonyl (C=O) groups excluding carboxylic acids is 1. The number of hydrogen-bond acceptors (Lipinski definition) is 4. The fraction of sp³-hybridized carbons (Fsp3) is 0.316. The van der Waals surface area contributed by atoms with E-state index in [-0.39, 0.29) is 5.91 Å². The quantitative estimate of drug-likeness (QED) is 0.858. The lowest BCUT2D eigenvalue weighted by molar-refractivity contribution is 0.0945. The predicted octanol–water partition coefficient (Wildman–Crippen LogP) is 2.88. The summed E-state index contributed by atoms with van der Waals surface area (Å²) < 4.78 is 16.6. The Balaban J connectivity index is 1.50. The Kier molecular flexibility index (Phi) is 4.89. The summed E-state index contributed by atoms with van der Waals surface area (Å²) >= 11 is 0. The van der Waals surface area contributed by atoms with Gasteiger partial charge in [0.15, 0.2) is 11.5 Å². The van der Waals surface area contributed by atoms with Crippen molar-refractivity contribution in [1.82, 2.24) is 5.32 Å². The van der Waals surface area contributed by atoms with Gasteiger partial charge in [-0.2, -0.15) is 0 Å². The van der Waals surface area contributed by atoms with Gasteiger partial charge in [-0.25, -0.2) is 0 Å². The molecule has 1 aliphatic heterocycles. The van der Waals surface area contributed by atoms with Crippen LogP contribution in [-0.2, 0) is 0 Å². The van der Waals surface area contributed by atoms with Crippen molar-refractivity contribution in [3.8, 4) is 17.2 Å². The van der Waals surface area contributed by atoms with Crippen molar-refractivity contribution in [2.75, 3.05) is 26.4 Å². The number of ether oxygens (including phenoxy) is 3. The molecule has 5 nitrogen and oxygen atoms in total. The highest BCUT2D eigenvalue weighted by Crippen LogP contribution is 2.30. The normalized spacial score (nSPS) is 12.6. The van der Waals surface area contributed by atoms with Crippen molar-refractivity contribution in [3.05, 3.63) is 53.1 Å². The zero-order valence-electron chi connectivity index (χ0n) is 13.9. The molecular weight excluding hydrogens is 306 g/mol. The molecule has 0 saturated heterocycles. The number of rotatable bonds is 5. The van der Waals surface area contributed by atoms with E-state index in [1.165, 1.54) is 0 Å². The highest BCUT2D eigenvalue weighted by molar-refractivity contribution is 5.94. The molecule has 0 spiro atoms. The zero-order chi connectivity index (χ0) is 16.9. The first-order valence-electron chi connectivity index (χ1n) is 8.01. The van der Waals surface area contributed by atoms with Gasteiger partial charge in [-0.3, -0.25) is 4.79 Å². The lowest BCUT2D eigenvalue weighted by Crippen LogP contribution is -2.28.